The molecule has 1 atom stereocenters. The van der Waals surface area contributed by atoms with E-state index in [1.54, 1.807) is 0 Å². The number of hydrogen-bond acceptors (Lipinski definition) is 3. The molecule has 4 rings (SSSR count). The smallest absolute Gasteiger partial charge is 0.227 e. The topological polar surface area (TPSA) is 52.7 Å². The van der Waals surface area contributed by atoms with E-state index in [-0.39, 0.29) is 11.8 Å². The van der Waals surface area contributed by atoms with Gasteiger partial charge in [-0.2, -0.15) is 0 Å². The van der Waals surface area contributed by atoms with Gasteiger partial charge in [-0.25, -0.2) is 0 Å². The number of hydrogen-bond donors (Lipinski definition) is 1. The molecule has 1 aliphatic carbocycles. The number of anilines is 2. The van der Waals surface area contributed by atoms with E-state index in [1.807, 2.05) is 23.1 Å². The largest absolute Gasteiger partial charge is 0.365 e. The van der Waals surface area contributed by atoms with E-state index >= 15 is 0 Å². The highest BCUT2D eigenvalue weighted by atomic mass is 16.2. The van der Waals surface area contributed by atoms with Gasteiger partial charge in [0.2, 0.25) is 11.8 Å². The van der Waals surface area contributed by atoms with Crippen LogP contribution in [-0.4, -0.2) is 37.0 Å². The van der Waals surface area contributed by atoms with Crippen LogP contribution in [0.25, 0.3) is 0 Å². The van der Waals surface area contributed by atoms with Gasteiger partial charge in [0.25, 0.3) is 0 Å². The highest BCUT2D eigenvalue weighted by Crippen LogP contribution is 2.39. The van der Waals surface area contributed by atoms with Crippen LogP contribution >= 0.6 is 0 Å². The molecule has 23 heavy (non-hydrogen) atoms. The van der Waals surface area contributed by atoms with Gasteiger partial charge in [-0.15, -0.1) is 0 Å². The summed E-state index contributed by atoms with van der Waals surface area (Å²) in [6.45, 7) is 1.83. The SMILES string of the molecule is O=C(CCC(=O)N1CC2CCCN2c2ccccc21)NC1CC1. The quantitative estimate of drug-likeness (QED) is 0.926. The summed E-state index contributed by atoms with van der Waals surface area (Å²) < 4.78 is 0. The van der Waals surface area contributed by atoms with Crippen LogP contribution in [0.15, 0.2) is 24.3 Å². The second-order valence-electron chi connectivity index (χ2n) is 6.82. The first-order valence-electron chi connectivity index (χ1n) is 8.68. The predicted octanol–water partition coefficient (Wildman–Crippen LogP) is 2.06. The first-order chi connectivity index (χ1) is 11.2. The van der Waals surface area contributed by atoms with E-state index < -0.39 is 0 Å². The molecule has 0 aromatic heterocycles. The molecule has 1 unspecified atom stereocenters. The monoisotopic (exact) mass is 313 g/mol. The maximum atomic E-state index is 12.7. The van der Waals surface area contributed by atoms with Gasteiger partial charge >= 0.3 is 0 Å². The first-order valence-corrected chi connectivity index (χ1v) is 8.68. The van der Waals surface area contributed by atoms with Crippen molar-refractivity contribution in [2.45, 2.75) is 50.6 Å². The lowest BCUT2D eigenvalue weighted by Gasteiger charge is -2.40. The molecule has 1 aromatic rings. The molecule has 122 valence electrons. The molecule has 5 heteroatoms. The Morgan fingerprint density at radius 3 is 2.65 bits per heavy atom. The Bertz CT molecular complexity index is 626. The van der Waals surface area contributed by atoms with Gasteiger partial charge < -0.3 is 15.1 Å². The van der Waals surface area contributed by atoms with Gasteiger partial charge in [-0.05, 0) is 37.8 Å². The van der Waals surface area contributed by atoms with Gasteiger partial charge in [-0.3, -0.25) is 9.59 Å². The molecule has 2 aliphatic heterocycles. The van der Waals surface area contributed by atoms with Crippen molar-refractivity contribution < 1.29 is 9.59 Å². The van der Waals surface area contributed by atoms with Crippen molar-refractivity contribution in [1.29, 1.82) is 0 Å². The zero-order valence-corrected chi connectivity index (χ0v) is 13.3. The molecule has 3 aliphatic rings. The summed E-state index contributed by atoms with van der Waals surface area (Å²) in [7, 11) is 0. The van der Waals surface area contributed by atoms with Crippen LogP contribution in [0.5, 0.6) is 0 Å². The number of nitrogens with one attached hydrogen (secondary N) is 1. The third kappa shape index (κ3) is 2.92. The summed E-state index contributed by atoms with van der Waals surface area (Å²) in [5.74, 6) is 0.0728. The molecule has 1 N–H and O–H groups in total. The standard InChI is InChI=1S/C18H23N3O2/c22-17(19-13-7-8-13)9-10-18(23)21-12-14-4-3-11-20(14)15-5-1-2-6-16(15)21/h1-2,5-6,13-14H,3-4,7-12H2,(H,19,22). The fourth-order valence-corrected chi connectivity index (χ4v) is 3.71. The van der Waals surface area contributed by atoms with E-state index in [9.17, 15) is 9.59 Å². The molecule has 2 heterocycles. The van der Waals surface area contributed by atoms with E-state index in [0.717, 1.165) is 43.7 Å². The molecule has 0 bridgehead atoms. The number of amides is 2. The van der Waals surface area contributed by atoms with Crippen molar-refractivity contribution in [3.8, 4) is 0 Å². The van der Waals surface area contributed by atoms with E-state index in [2.05, 4.69) is 16.3 Å². The summed E-state index contributed by atoms with van der Waals surface area (Å²) in [6, 6.07) is 8.92. The van der Waals surface area contributed by atoms with E-state index in [4.69, 9.17) is 0 Å². The summed E-state index contributed by atoms with van der Waals surface area (Å²) >= 11 is 0. The van der Waals surface area contributed by atoms with Gasteiger partial charge in [0, 0.05) is 38.0 Å². The fourth-order valence-electron chi connectivity index (χ4n) is 3.71. The number of benzene rings is 1. The molecule has 2 amide bonds. The third-order valence-electron chi connectivity index (χ3n) is 5.06. The van der Waals surface area contributed by atoms with Crippen molar-refractivity contribution in [3.63, 3.8) is 0 Å². The summed E-state index contributed by atoms with van der Waals surface area (Å²) in [5.41, 5.74) is 2.16. The molecular weight excluding hydrogens is 290 g/mol. The van der Waals surface area contributed by atoms with E-state index in [1.165, 1.54) is 6.42 Å². The molecule has 1 saturated carbocycles. The Morgan fingerprint density at radius 1 is 1.09 bits per heavy atom. The Labute approximate surface area is 136 Å². The summed E-state index contributed by atoms with van der Waals surface area (Å²) in [6.07, 6.45) is 5.07. The minimum Gasteiger partial charge on any atom is -0.365 e. The van der Waals surface area contributed by atoms with Gasteiger partial charge in [0.05, 0.1) is 11.4 Å². The summed E-state index contributed by atoms with van der Waals surface area (Å²) in [5, 5.41) is 2.95. The number of carbonyl (C=O) groups excluding carboxylic acids is 2. The van der Waals surface area contributed by atoms with Crippen molar-refractivity contribution in [3.05, 3.63) is 24.3 Å². The van der Waals surface area contributed by atoms with Crippen LogP contribution < -0.4 is 15.1 Å². The normalized spacial score (nSPS) is 22.5. The molecule has 1 aromatic carbocycles. The van der Waals surface area contributed by atoms with Crippen molar-refractivity contribution in [1.82, 2.24) is 5.32 Å². The zero-order valence-electron chi connectivity index (χ0n) is 13.3. The highest BCUT2D eigenvalue weighted by molar-refractivity contribution is 5.99. The number of rotatable bonds is 4. The Morgan fingerprint density at radius 2 is 1.87 bits per heavy atom. The maximum absolute atomic E-state index is 12.7. The minimum atomic E-state index is 0.00800. The van der Waals surface area contributed by atoms with Crippen LogP contribution in [0.2, 0.25) is 0 Å². The number of fused-ring (bicyclic) bond motifs is 3. The van der Waals surface area contributed by atoms with E-state index in [0.29, 0.717) is 24.9 Å². The molecule has 1 saturated heterocycles. The fraction of sp³-hybridized carbons (Fsp3) is 0.556. The number of nitrogens with zero attached hydrogens (tertiary/aromatic N) is 2. The number of carbonyl (C=O) groups is 2. The maximum Gasteiger partial charge on any atom is 0.227 e. The lowest BCUT2D eigenvalue weighted by Crippen LogP contribution is -2.48. The second-order valence-corrected chi connectivity index (χ2v) is 6.82. The first kappa shape index (κ1) is 14.5. The third-order valence-corrected chi connectivity index (χ3v) is 5.06. The zero-order chi connectivity index (χ0) is 15.8. The van der Waals surface area contributed by atoms with Crippen molar-refractivity contribution in [2.75, 3.05) is 22.9 Å². The molecule has 0 spiro atoms. The highest BCUT2D eigenvalue weighted by Gasteiger charge is 2.36. The second kappa shape index (κ2) is 5.87. The minimum absolute atomic E-state index is 0.00800. The van der Waals surface area contributed by atoms with Gasteiger partial charge in [0.15, 0.2) is 0 Å². The average molecular weight is 313 g/mol. The molecule has 5 nitrogen and oxygen atoms in total. The van der Waals surface area contributed by atoms with Gasteiger partial charge in [0.1, 0.15) is 0 Å². The molecule has 2 fully saturated rings. The average Bonchev–Trinajstić information content (AvgIpc) is 3.24. The van der Waals surface area contributed by atoms with Crippen LogP contribution in [0.3, 0.4) is 0 Å². The van der Waals surface area contributed by atoms with Crippen LogP contribution in [-0.2, 0) is 9.59 Å². The molecular formula is C18H23N3O2. The van der Waals surface area contributed by atoms with Crippen molar-refractivity contribution >= 4 is 23.2 Å². The predicted molar refractivity (Wildman–Crippen MR) is 89.6 cm³/mol. The lowest BCUT2D eigenvalue weighted by atomic mass is 10.1. The Hall–Kier alpha value is -2.04. The van der Waals surface area contributed by atoms with Crippen LogP contribution in [0.4, 0.5) is 11.4 Å². The summed E-state index contributed by atoms with van der Waals surface area (Å²) in [4.78, 5) is 28.8. The Kier molecular flexibility index (Phi) is 3.71. The van der Waals surface area contributed by atoms with Crippen LogP contribution in [0, 0.1) is 0 Å². The Balaban J connectivity index is 1.46. The van der Waals surface area contributed by atoms with Gasteiger partial charge in [-0.1, -0.05) is 12.1 Å². The molecule has 0 radical (unpaired) electrons. The lowest BCUT2D eigenvalue weighted by molar-refractivity contribution is -0.125. The van der Waals surface area contributed by atoms with Crippen molar-refractivity contribution in [2.24, 2.45) is 0 Å². The van der Waals surface area contributed by atoms with Crippen LogP contribution in [0.1, 0.15) is 38.5 Å². The number of para-hydroxylation sites is 2.